The Morgan fingerprint density at radius 2 is 1.93 bits per heavy atom. The second kappa shape index (κ2) is 8.30. The number of benzene rings is 1. The van der Waals surface area contributed by atoms with Gasteiger partial charge in [-0.1, -0.05) is 12.1 Å². The molecule has 2 amide bonds. The summed E-state index contributed by atoms with van der Waals surface area (Å²) >= 11 is 5.17. The van der Waals surface area contributed by atoms with Crippen molar-refractivity contribution in [3.63, 3.8) is 0 Å². The van der Waals surface area contributed by atoms with Crippen LogP contribution in [0.4, 0.5) is 5.69 Å². The monoisotopic (exact) mass is 385 g/mol. The molecule has 0 bridgehead atoms. The first kappa shape index (κ1) is 19.0. The van der Waals surface area contributed by atoms with E-state index < -0.39 is 0 Å². The molecular weight excluding hydrogens is 362 g/mol. The molecule has 142 valence electrons. The van der Waals surface area contributed by atoms with E-state index in [-0.39, 0.29) is 11.8 Å². The van der Waals surface area contributed by atoms with Crippen molar-refractivity contribution in [3.05, 3.63) is 46.5 Å². The van der Waals surface area contributed by atoms with Crippen LogP contribution in [-0.4, -0.2) is 44.6 Å². The van der Waals surface area contributed by atoms with E-state index in [1.165, 1.54) is 6.92 Å². The highest BCUT2D eigenvalue weighted by Crippen LogP contribution is 2.26. The molecule has 27 heavy (non-hydrogen) atoms. The molecule has 1 aliphatic heterocycles. The molecule has 0 aliphatic carbocycles. The molecule has 0 radical (unpaired) electrons. The van der Waals surface area contributed by atoms with Gasteiger partial charge in [-0.05, 0) is 48.8 Å². The minimum atomic E-state index is -0.107. The van der Waals surface area contributed by atoms with Crippen molar-refractivity contribution in [1.82, 2.24) is 19.7 Å². The summed E-state index contributed by atoms with van der Waals surface area (Å²) in [5, 5.41) is 9.85. The van der Waals surface area contributed by atoms with E-state index >= 15 is 0 Å². The average Bonchev–Trinajstić information content (AvgIpc) is 2.99. The van der Waals surface area contributed by atoms with Gasteiger partial charge in [-0.2, -0.15) is 5.10 Å². The maximum atomic E-state index is 12.4. The van der Waals surface area contributed by atoms with Gasteiger partial charge in [-0.3, -0.25) is 14.7 Å². The Morgan fingerprint density at radius 3 is 2.48 bits per heavy atom. The zero-order chi connectivity index (χ0) is 19.4. The van der Waals surface area contributed by atoms with Crippen LogP contribution >= 0.6 is 12.2 Å². The Bertz CT molecular complexity index is 905. The van der Waals surface area contributed by atoms with E-state index in [2.05, 4.69) is 15.5 Å². The second-order valence-electron chi connectivity index (χ2n) is 6.68. The maximum absolute atomic E-state index is 12.4. The summed E-state index contributed by atoms with van der Waals surface area (Å²) in [6, 6.07) is 7.36. The molecule has 0 spiro atoms. The van der Waals surface area contributed by atoms with Crippen molar-refractivity contribution < 1.29 is 9.59 Å². The van der Waals surface area contributed by atoms with Crippen LogP contribution in [0.25, 0.3) is 6.08 Å². The molecule has 1 fully saturated rings. The molecular formula is C19H23N5O2S. The van der Waals surface area contributed by atoms with Crippen LogP contribution in [0.5, 0.6) is 0 Å². The molecule has 8 heteroatoms. The quantitative estimate of drug-likeness (QED) is 0.626. The van der Waals surface area contributed by atoms with Gasteiger partial charge in [0.15, 0.2) is 4.77 Å². The standard InChI is InChI=1S/C19H23N5O2S/c1-13(25)20-16-6-3-14(4-7-16)5-8-17(26)24-11-9-15(10-12-24)18-21-22-19(27)23(18)2/h3-8,15H,9-12H2,1-2H3,(H,20,25)(H,22,27)/b8-5+. The number of H-pyrrole nitrogens is 1. The van der Waals surface area contributed by atoms with Crippen molar-refractivity contribution in [2.24, 2.45) is 7.05 Å². The van der Waals surface area contributed by atoms with E-state index in [1.54, 1.807) is 12.2 Å². The van der Waals surface area contributed by atoms with Crippen molar-refractivity contribution >= 4 is 35.8 Å². The summed E-state index contributed by atoms with van der Waals surface area (Å²) in [4.78, 5) is 25.3. The number of hydrogen-bond donors (Lipinski definition) is 2. The van der Waals surface area contributed by atoms with Gasteiger partial charge < -0.3 is 14.8 Å². The Morgan fingerprint density at radius 1 is 1.26 bits per heavy atom. The first-order valence-corrected chi connectivity index (χ1v) is 9.31. The molecule has 1 saturated heterocycles. The van der Waals surface area contributed by atoms with Crippen molar-refractivity contribution in [2.45, 2.75) is 25.7 Å². The third-order valence-electron chi connectivity index (χ3n) is 4.74. The second-order valence-corrected chi connectivity index (χ2v) is 7.07. The molecule has 7 nitrogen and oxygen atoms in total. The highest BCUT2D eigenvalue weighted by Gasteiger charge is 2.25. The molecule has 2 heterocycles. The van der Waals surface area contributed by atoms with E-state index in [4.69, 9.17) is 12.2 Å². The van der Waals surface area contributed by atoms with Gasteiger partial charge >= 0.3 is 0 Å². The lowest BCUT2D eigenvalue weighted by molar-refractivity contribution is -0.127. The fourth-order valence-corrected chi connectivity index (χ4v) is 3.38. The minimum absolute atomic E-state index is 0.00903. The SMILES string of the molecule is CC(=O)Nc1ccc(/C=C/C(=O)N2CCC(c3n[nH]c(=S)n3C)CC2)cc1. The van der Waals surface area contributed by atoms with Crippen LogP contribution in [0.2, 0.25) is 0 Å². The van der Waals surface area contributed by atoms with Crippen molar-refractivity contribution in [2.75, 3.05) is 18.4 Å². The largest absolute Gasteiger partial charge is 0.339 e. The zero-order valence-electron chi connectivity index (χ0n) is 15.4. The van der Waals surface area contributed by atoms with Crippen LogP contribution in [0.1, 0.15) is 37.1 Å². The molecule has 0 unspecified atom stereocenters. The number of rotatable bonds is 4. The minimum Gasteiger partial charge on any atom is -0.339 e. The van der Waals surface area contributed by atoms with Gasteiger partial charge in [0, 0.05) is 44.7 Å². The lowest BCUT2D eigenvalue weighted by Crippen LogP contribution is -2.37. The highest BCUT2D eigenvalue weighted by atomic mass is 32.1. The number of aromatic amines is 1. The Hall–Kier alpha value is -2.74. The van der Waals surface area contributed by atoms with Gasteiger partial charge in [0.1, 0.15) is 5.82 Å². The molecule has 0 saturated carbocycles. The average molecular weight is 385 g/mol. The number of piperidine rings is 1. The lowest BCUT2D eigenvalue weighted by atomic mass is 9.96. The molecule has 1 aliphatic rings. The fourth-order valence-electron chi connectivity index (χ4n) is 3.24. The first-order valence-electron chi connectivity index (χ1n) is 8.90. The molecule has 2 aromatic rings. The predicted octanol–water partition coefficient (Wildman–Crippen LogP) is 2.86. The smallest absolute Gasteiger partial charge is 0.246 e. The first-order chi connectivity index (χ1) is 12.9. The summed E-state index contributed by atoms with van der Waals surface area (Å²) in [6.45, 7) is 2.88. The number of amides is 2. The van der Waals surface area contributed by atoms with E-state index in [1.807, 2.05) is 40.8 Å². The fraction of sp³-hybridized carbons (Fsp3) is 0.368. The normalized spacial score (nSPS) is 15.3. The molecule has 1 aromatic carbocycles. The van der Waals surface area contributed by atoms with Crippen LogP contribution in [-0.2, 0) is 16.6 Å². The zero-order valence-corrected chi connectivity index (χ0v) is 16.3. The number of nitrogens with one attached hydrogen (secondary N) is 2. The third kappa shape index (κ3) is 4.71. The summed E-state index contributed by atoms with van der Waals surface area (Å²) in [6.07, 6.45) is 5.14. The van der Waals surface area contributed by atoms with E-state index in [0.29, 0.717) is 23.8 Å². The topological polar surface area (TPSA) is 83.0 Å². The van der Waals surface area contributed by atoms with E-state index in [0.717, 1.165) is 29.9 Å². The number of aromatic nitrogens is 3. The van der Waals surface area contributed by atoms with Gasteiger partial charge in [-0.15, -0.1) is 0 Å². The van der Waals surface area contributed by atoms with Crippen molar-refractivity contribution in [3.8, 4) is 0 Å². The Balaban J connectivity index is 1.54. The van der Waals surface area contributed by atoms with Crippen LogP contribution < -0.4 is 5.32 Å². The Labute approximate surface area is 163 Å². The lowest BCUT2D eigenvalue weighted by Gasteiger charge is -2.30. The molecule has 1 aromatic heterocycles. The number of hydrogen-bond acceptors (Lipinski definition) is 4. The van der Waals surface area contributed by atoms with E-state index in [9.17, 15) is 9.59 Å². The number of anilines is 1. The van der Waals surface area contributed by atoms with Gasteiger partial charge in [0.05, 0.1) is 0 Å². The van der Waals surface area contributed by atoms with Crippen molar-refractivity contribution in [1.29, 1.82) is 0 Å². The molecule has 2 N–H and O–H groups in total. The van der Waals surface area contributed by atoms with Gasteiger partial charge in [0.25, 0.3) is 0 Å². The third-order valence-corrected chi connectivity index (χ3v) is 5.10. The number of carbonyl (C=O) groups is 2. The number of carbonyl (C=O) groups excluding carboxylic acids is 2. The number of likely N-dealkylation sites (tertiary alicyclic amines) is 1. The summed E-state index contributed by atoms with van der Waals surface area (Å²) < 4.78 is 2.53. The summed E-state index contributed by atoms with van der Waals surface area (Å²) in [5.41, 5.74) is 1.65. The van der Waals surface area contributed by atoms with Gasteiger partial charge in [-0.25, -0.2) is 0 Å². The summed E-state index contributed by atoms with van der Waals surface area (Å²) in [5.74, 6) is 1.18. The summed E-state index contributed by atoms with van der Waals surface area (Å²) in [7, 11) is 1.92. The maximum Gasteiger partial charge on any atom is 0.246 e. The molecule has 3 rings (SSSR count). The molecule has 0 atom stereocenters. The predicted molar refractivity (Wildman–Crippen MR) is 107 cm³/mol. The van der Waals surface area contributed by atoms with Crippen LogP contribution in [0.15, 0.2) is 30.3 Å². The van der Waals surface area contributed by atoms with Gasteiger partial charge in [0.2, 0.25) is 11.8 Å². The van der Waals surface area contributed by atoms with Crippen LogP contribution in [0, 0.1) is 4.77 Å². The number of nitrogens with zero attached hydrogens (tertiary/aromatic N) is 3. The highest BCUT2D eigenvalue weighted by molar-refractivity contribution is 7.71. The van der Waals surface area contributed by atoms with Crippen LogP contribution in [0.3, 0.4) is 0 Å². The Kier molecular flexibility index (Phi) is 5.85.